The second-order valence-electron chi connectivity index (χ2n) is 6.48. The molecule has 0 heterocycles. The SMILES string of the molecule is COc1ccc(/C(C#N)=C/c2cc(Br)cc(Br)c2OCc2ccc(C)cc2)cc1. The first-order chi connectivity index (χ1) is 14.0. The minimum Gasteiger partial charge on any atom is -0.497 e. The van der Waals surface area contributed by atoms with Gasteiger partial charge in [-0.2, -0.15) is 5.26 Å². The number of methoxy groups -OCH3 is 1. The van der Waals surface area contributed by atoms with Crippen molar-refractivity contribution >= 4 is 43.5 Å². The van der Waals surface area contributed by atoms with Crippen LogP contribution in [0.2, 0.25) is 0 Å². The highest BCUT2D eigenvalue weighted by Gasteiger charge is 2.11. The Hall–Kier alpha value is -2.55. The fraction of sp³-hybridized carbons (Fsp3) is 0.125. The van der Waals surface area contributed by atoms with Crippen LogP contribution < -0.4 is 9.47 Å². The highest BCUT2D eigenvalue weighted by atomic mass is 79.9. The molecule has 0 aliphatic heterocycles. The number of benzene rings is 3. The Labute approximate surface area is 187 Å². The first kappa shape index (κ1) is 21.2. The minimum atomic E-state index is 0.436. The number of aryl methyl sites for hydroxylation is 1. The maximum absolute atomic E-state index is 9.72. The van der Waals surface area contributed by atoms with E-state index in [-0.39, 0.29) is 0 Å². The van der Waals surface area contributed by atoms with Crippen LogP contribution in [0.4, 0.5) is 0 Å². The van der Waals surface area contributed by atoms with Gasteiger partial charge in [-0.3, -0.25) is 0 Å². The Morgan fingerprint density at radius 3 is 2.34 bits per heavy atom. The van der Waals surface area contributed by atoms with Crippen LogP contribution in [0.5, 0.6) is 11.5 Å². The van der Waals surface area contributed by atoms with Gasteiger partial charge in [-0.05, 0) is 76.5 Å². The fourth-order valence-electron chi connectivity index (χ4n) is 2.79. The third-order valence-corrected chi connectivity index (χ3v) is 5.41. The molecule has 0 fully saturated rings. The van der Waals surface area contributed by atoms with Crippen molar-refractivity contribution in [3.63, 3.8) is 0 Å². The molecule has 0 aromatic heterocycles. The normalized spacial score (nSPS) is 11.1. The van der Waals surface area contributed by atoms with Crippen molar-refractivity contribution in [3.05, 3.63) is 91.9 Å². The molecule has 0 aliphatic carbocycles. The smallest absolute Gasteiger partial charge is 0.141 e. The van der Waals surface area contributed by atoms with Crippen LogP contribution in [-0.2, 0) is 6.61 Å². The molecule has 0 radical (unpaired) electrons. The Kier molecular flexibility index (Phi) is 7.13. The van der Waals surface area contributed by atoms with Crippen LogP contribution >= 0.6 is 31.9 Å². The molecule has 3 rings (SSSR count). The zero-order valence-corrected chi connectivity index (χ0v) is 19.2. The summed E-state index contributed by atoms with van der Waals surface area (Å²) in [6, 6.07) is 21.8. The Morgan fingerprint density at radius 1 is 1.03 bits per heavy atom. The van der Waals surface area contributed by atoms with Crippen LogP contribution in [0.15, 0.2) is 69.6 Å². The molecule has 0 atom stereocenters. The average molecular weight is 513 g/mol. The van der Waals surface area contributed by atoms with E-state index in [1.165, 1.54) is 5.56 Å². The molecule has 0 saturated heterocycles. The first-order valence-electron chi connectivity index (χ1n) is 8.94. The summed E-state index contributed by atoms with van der Waals surface area (Å²) in [5.41, 5.74) is 4.45. The molecular weight excluding hydrogens is 494 g/mol. The van der Waals surface area contributed by atoms with Gasteiger partial charge in [0.15, 0.2) is 0 Å². The molecule has 3 nitrogen and oxygen atoms in total. The van der Waals surface area contributed by atoms with Gasteiger partial charge in [0.25, 0.3) is 0 Å². The lowest BCUT2D eigenvalue weighted by molar-refractivity contribution is 0.303. The highest BCUT2D eigenvalue weighted by Crippen LogP contribution is 2.36. The van der Waals surface area contributed by atoms with E-state index in [9.17, 15) is 5.26 Å². The van der Waals surface area contributed by atoms with Gasteiger partial charge in [0.05, 0.1) is 23.2 Å². The lowest BCUT2D eigenvalue weighted by Crippen LogP contribution is -1.98. The van der Waals surface area contributed by atoms with Crippen molar-refractivity contribution in [2.45, 2.75) is 13.5 Å². The van der Waals surface area contributed by atoms with Gasteiger partial charge in [0, 0.05) is 10.0 Å². The molecular formula is C24H19Br2NO2. The molecule has 5 heteroatoms. The van der Waals surface area contributed by atoms with Crippen LogP contribution in [0.1, 0.15) is 22.3 Å². The maximum atomic E-state index is 9.72. The molecule has 0 spiro atoms. The molecule has 0 aliphatic rings. The molecule has 0 saturated carbocycles. The van der Waals surface area contributed by atoms with E-state index >= 15 is 0 Å². The molecule has 29 heavy (non-hydrogen) atoms. The molecule has 3 aromatic rings. The summed E-state index contributed by atoms with van der Waals surface area (Å²) in [6.07, 6.45) is 1.84. The van der Waals surface area contributed by atoms with E-state index in [0.717, 1.165) is 31.4 Å². The Balaban J connectivity index is 1.95. The molecule has 0 unspecified atom stereocenters. The number of nitrogens with zero attached hydrogens (tertiary/aromatic N) is 1. The Bertz CT molecular complexity index is 1070. The average Bonchev–Trinajstić information content (AvgIpc) is 2.72. The van der Waals surface area contributed by atoms with Crippen molar-refractivity contribution in [1.82, 2.24) is 0 Å². The van der Waals surface area contributed by atoms with E-state index < -0.39 is 0 Å². The van der Waals surface area contributed by atoms with E-state index in [4.69, 9.17) is 9.47 Å². The van der Waals surface area contributed by atoms with Gasteiger partial charge in [-0.25, -0.2) is 0 Å². The lowest BCUT2D eigenvalue weighted by atomic mass is 10.0. The quantitative estimate of drug-likeness (QED) is 0.259. The van der Waals surface area contributed by atoms with Crippen molar-refractivity contribution < 1.29 is 9.47 Å². The van der Waals surface area contributed by atoms with Gasteiger partial charge in [-0.1, -0.05) is 45.8 Å². The topological polar surface area (TPSA) is 42.2 Å². The zero-order chi connectivity index (χ0) is 20.8. The number of allylic oxidation sites excluding steroid dienone is 1. The van der Waals surface area contributed by atoms with Crippen LogP contribution in [0, 0.1) is 18.3 Å². The summed E-state index contributed by atoms with van der Waals surface area (Å²) < 4.78 is 13.0. The monoisotopic (exact) mass is 511 g/mol. The summed E-state index contributed by atoms with van der Waals surface area (Å²) >= 11 is 7.11. The van der Waals surface area contributed by atoms with Crippen molar-refractivity contribution in [2.24, 2.45) is 0 Å². The first-order valence-corrected chi connectivity index (χ1v) is 10.5. The van der Waals surface area contributed by atoms with Crippen molar-refractivity contribution in [3.8, 4) is 17.6 Å². The summed E-state index contributed by atoms with van der Waals surface area (Å²) in [5.74, 6) is 1.44. The highest BCUT2D eigenvalue weighted by molar-refractivity contribution is 9.11. The van der Waals surface area contributed by atoms with Crippen LogP contribution in [0.25, 0.3) is 11.6 Å². The number of ether oxygens (including phenoxy) is 2. The lowest BCUT2D eigenvalue weighted by Gasteiger charge is -2.13. The molecule has 0 bridgehead atoms. The summed E-state index contributed by atoms with van der Waals surface area (Å²) in [6.45, 7) is 2.49. The minimum absolute atomic E-state index is 0.436. The standard InChI is InChI=1S/C24H19Br2NO2/c1-16-3-5-17(6-4-16)15-29-24-19(12-21(25)13-23(24)26)11-20(14-27)18-7-9-22(28-2)10-8-18/h3-13H,15H2,1-2H3/b20-11+. The second kappa shape index (κ2) is 9.78. The molecule has 0 N–H and O–H groups in total. The molecule has 0 amide bonds. The third-order valence-electron chi connectivity index (χ3n) is 4.36. The number of hydrogen-bond donors (Lipinski definition) is 0. The second-order valence-corrected chi connectivity index (χ2v) is 8.25. The summed E-state index contributed by atoms with van der Waals surface area (Å²) in [5, 5.41) is 9.72. The van der Waals surface area contributed by atoms with E-state index in [0.29, 0.717) is 17.9 Å². The summed E-state index contributed by atoms with van der Waals surface area (Å²) in [4.78, 5) is 0. The van der Waals surface area contributed by atoms with Crippen LogP contribution in [0.3, 0.4) is 0 Å². The van der Waals surface area contributed by atoms with Gasteiger partial charge >= 0.3 is 0 Å². The number of nitriles is 1. The van der Waals surface area contributed by atoms with E-state index in [1.54, 1.807) is 7.11 Å². The molecule has 3 aromatic carbocycles. The third kappa shape index (κ3) is 5.50. The Morgan fingerprint density at radius 2 is 1.72 bits per heavy atom. The number of rotatable bonds is 6. The van der Waals surface area contributed by atoms with Gasteiger partial charge in [0.2, 0.25) is 0 Å². The van der Waals surface area contributed by atoms with Crippen LogP contribution in [-0.4, -0.2) is 7.11 Å². The number of hydrogen-bond acceptors (Lipinski definition) is 3. The fourth-order valence-corrected chi connectivity index (χ4v) is 4.16. The van der Waals surface area contributed by atoms with Gasteiger partial charge in [0.1, 0.15) is 18.1 Å². The van der Waals surface area contributed by atoms with Crippen molar-refractivity contribution in [1.29, 1.82) is 5.26 Å². The predicted molar refractivity (Wildman–Crippen MR) is 124 cm³/mol. The van der Waals surface area contributed by atoms with E-state index in [1.807, 2.05) is 42.5 Å². The van der Waals surface area contributed by atoms with Crippen molar-refractivity contribution in [2.75, 3.05) is 7.11 Å². The van der Waals surface area contributed by atoms with E-state index in [2.05, 4.69) is 69.1 Å². The maximum Gasteiger partial charge on any atom is 0.141 e. The number of halogens is 2. The molecule has 146 valence electrons. The largest absolute Gasteiger partial charge is 0.497 e. The van der Waals surface area contributed by atoms with Gasteiger partial charge < -0.3 is 9.47 Å². The summed E-state index contributed by atoms with van der Waals surface area (Å²) in [7, 11) is 1.62. The van der Waals surface area contributed by atoms with Gasteiger partial charge in [-0.15, -0.1) is 0 Å². The zero-order valence-electron chi connectivity index (χ0n) is 16.1. The predicted octanol–water partition coefficient (Wildman–Crippen LogP) is 7.17.